The van der Waals surface area contributed by atoms with Crippen molar-refractivity contribution in [2.75, 3.05) is 25.5 Å². The summed E-state index contributed by atoms with van der Waals surface area (Å²) < 4.78 is 7.04. The molecule has 0 saturated heterocycles. The molecule has 0 aliphatic rings. The van der Waals surface area contributed by atoms with Gasteiger partial charge in [0.1, 0.15) is 5.69 Å². The first-order valence-electron chi connectivity index (χ1n) is 5.83. The Bertz CT molecular complexity index is 479. The monoisotopic (exact) mass is 247 g/mol. The molecule has 0 bridgehead atoms. The van der Waals surface area contributed by atoms with Gasteiger partial charge >= 0.3 is 0 Å². The maximum Gasteiger partial charge on any atom is 0.113 e. The Morgan fingerprint density at radius 3 is 2.67 bits per heavy atom. The van der Waals surface area contributed by atoms with Crippen LogP contribution in [0.15, 0.2) is 30.5 Å². The van der Waals surface area contributed by atoms with E-state index in [-0.39, 0.29) is 0 Å². The Kier molecular flexibility index (Phi) is 4.27. The summed E-state index contributed by atoms with van der Waals surface area (Å²) in [5.74, 6) is 0. The second kappa shape index (κ2) is 6.13. The molecular formula is C12H17N5O. The summed E-state index contributed by atoms with van der Waals surface area (Å²) in [7, 11) is 0. The third kappa shape index (κ3) is 3.28. The minimum Gasteiger partial charge on any atom is -0.399 e. The molecule has 1 aromatic carbocycles. The molecule has 6 nitrogen and oxygen atoms in total. The SMILES string of the molecule is NCCOCCn1cc(-c2ccc(N)cc2)nn1. The molecule has 2 rings (SSSR count). The highest BCUT2D eigenvalue weighted by molar-refractivity contribution is 5.60. The van der Waals surface area contributed by atoms with E-state index in [0.29, 0.717) is 26.3 Å². The predicted molar refractivity (Wildman–Crippen MR) is 69.7 cm³/mol. The Labute approximate surface area is 106 Å². The maximum atomic E-state index is 5.64. The van der Waals surface area contributed by atoms with Crippen LogP contribution in [0.5, 0.6) is 0 Å². The van der Waals surface area contributed by atoms with Gasteiger partial charge in [-0.2, -0.15) is 0 Å². The number of rotatable bonds is 6. The Morgan fingerprint density at radius 1 is 1.17 bits per heavy atom. The summed E-state index contributed by atoms with van der Waals surface area (Å²) in [6, 6.07) is 7.54. The lowest BCUT2D eigenvalue weighted by Gasteiger charge is -2.01. The Balaban J connectivity index is 1.95. The van der Waals surface area contributed by atoms with Gasteiger partial charge in [-0.3, -0.25) is 0 Å². The van der Waals surface area contributed by atoms with Gasteiger partial charge in [0.2, 0.25) is 0 Å². The van der Waals surface area contributed by atoms with Crippen LogP contribution in [0, 0.1) is 0 Å². The van der Waals surface area contributed by atoms with Gasteiger partial charge in [-0.1, -0.05) is 17.3 Å². The van der Waals surface area contributed by atoms with Gasteiger partial charge in [0, 0.05) is 17.8 Å². The minimum atomic E-state index is 0.536. The van der Waals surface area contributed by atoms with Gasteiger partial charge in [-0.15, -0.1) is 5.10 Å². The number of nitrogen functional groups attached to an aromatic ring is 1. The number of benzene rings is 1. The van der Waals surface area contributed by atoms with Crippen molar-refractivity contribution in [3.05, 3.63) is 30.5 Å². The first-order chi connectivity index (χ1) is 8.79. The number of hydrogen-bond donors (Lipinski definition) is 2. The number of hydrogen-bond acceptors (Lipinski definition) is 5. The zero-order valence-electron chi connectivity index (χ0n) is 10.1. The van der Waals surface area contributed by atoms with E-state index in [1.807, 2.05) is 30.5 Å². The quantitative estimate of drug-likeness (QED) is 0.573. The summed E-state index contributed by atoms with van der Waals surface area (Å²) in [4.78, 5) is 0. The Hall–Kier alpha value is -1.92. The van der Waals surface area contributed by atoms with Gasteiger partial charge in [-0.05, 0) is 12.1 Å². The highest BCUT2D eigenvalue weighted by Gasteiger charge is 2.03. The van der Waals surface area contributed by atoms with E-state index in [9.17, 15) is 0 Å². The van der Waals surface area contributed by atoms with Crippen molar-refractivity contribution in [1.82, 2.24) is 15.0 Å². The average molecular weight is 247 g/mol. The molecule has 2 aromatic rings. The van der Waals surface area contributed by atoms with Crippen molar-refractivity contribution in [2.45, 2.75) is 6.54 Å². The van der Waals surface area contributed by atoms with Crippen LogP contribution in [-0.2, 0) is 11.3 Å². The summed E-state index contributed by atoms with van der Waals surface area (Å²) in [5, 5.41) is 8.14. The van der Waals surface area contributed by atoms with E-state index in [4.69, 9.17) is 16.2 Å². The van der Waals surface area contributed by atoms with Crippen LogP contribution >= 0.6 is 0 Å². The first-order valence-corrected chi connectivity index (χ1v) is 5.83. The van der Waals surface area contributed by atoms with Crippen molar-refractivity contribution in [3.8, 4) is 11.3 Å². The molecule has 0 spiro atoms. The second-order valence-electron chi connectivity index (χ2n) is 3.89. The van der Waals surface area contributed by atoms with E-state index >= 15 is 0 Å². The molecule has 96 valence electrons. The smallest absolute Gasteiger partial charge is 0.113 e. The Morgan fingerprint density at radius 2 is 1.94 bits per heavy atom. The van der Waals surface area contributed by atoms with Crippen LogP contribution in [0.3, 0.4) is 0 Å². The fourth-order valence-corrected chi connectivity index (χ4v) is 1.54. The highest BCUT2D eigenvalue weighted by Crippen LogP contribution is 2.17. The molecule has 18 heavy (non-hydrogen) atoms. The van der Waals surface area contributed by atoms with Crippen LogP contribution in [-0.4, -0.2) is 34.8 Å². The second-order valence-corrected chi connectivity index (χ2v) is 3.89. The van der Waals surface area contributed by atoms with Gasteiger partial charge in [0.05, 0.1) is 26.0 Å². The number of aromatic nitrogens is 3. The first kappa shape index (κ1) is 12.5. The molecule has 6 heteroatoms. The van der Waals surface area contributed by atoms with Gasteiger partial charge < -0.3 is 16.2 Å². The molecule has 0 unspecified atom stereocenters. The molecule has 0 aliphatic heterocycles. The van der Waals surface area contributed by atoms with Crippen molar-refractivity contribution < 1.29 is 4.74 Å². The number of anilines is 1. The lowest BCUT2D eigenvalue weighted by Crippen LogP contribution is -2.12. The molecule has 0 saturated carbocycles. The summed E-state index contributed by atoms with van der Waals surface area (Å²) in [6.45, 7) is 2.36. The molecule has 1 aromatic heterocycles. The number of ether oxygens (including phenoxy) is 1. The topological polar surface area (TPSA) is 92.0 Å². The molecule has 0 fully saturated rings. The molecule has 0 amide bonds. The molecule has 0 aliphatic carbocycles. The van der Waals surface area contributed by atoms with E-state index in [2.05, 4.69) is 10.3 Å². The lowest BCUT2D eigenvalue weighted by molar-refractivity contribution is 0.130. The van der Waals surface area contributed by atoms with Gasteiger partial charge in [-0.25, -0.2) is 4.68 Å². The van der Waals surface area contributed by atoms with E-state index in [1.165, 1.54) is 0 Å². The highest BCUT2D eigenvalue weighted by atomic mass is 16.5. The molecular weight excluding hydrogens is 230 g/mol. The van der Waals surface area contributed by atoms with Crippen LogP contribution < -0.4 is 11.5 Å². The van der Waals surface area contributed by atoms with Crippen molar-refractivity contribution in [1.29, 1.82) is 0 Å². The van der Waals surface area contributed by atoms with Crippen molar-refractivity contribution >= 4 is 5.69 Å². The fraction of sp³-hybridized carbons (Fsp3) is 0.333. The predicted octanol–water partition coefficient (Wildman–Crippen LogP) is 0.503. The fourth-order valence-electron chi connectivity index (χ4n) is 1.54. The zero-order chi connectivity index (χ0) is 12.8. The van der Waals surface area contributed by atoms with Gasteiger partial charge in [0.25, 0.3) is 0 Å². The molecule has 4 N–H and O–H groups in total. The summed E-state index contributed by atoms with van der Waals surface area (Å²) in [6.07, 6.45) is 1.89. The average Bonchev–Trinajstić information content (AvgIpc) is 2.84. The van der Waals surface area contributed by atoms with E-state index < -0.39 is 0 Å². The number of nitrogens with zero attached hydrogens (tertiary/aromatic N) is 3. The third-order valence-corrected chi connectivity index (χ3v) is 2.47. The van der Waals surface area contributed by atoms with Crippen LogP contribution in [0.2, 0.25) is 0 Å². The molecule has 0 radical (unpaired) electrons. The molecule has 1 heterocycles. The normalized spacial score (nSPS) is 10.7. The van der Waals surface area contributed by atoms with Crippen molar-refractivity contribution in [3.63, 3.8) is 0 Å². The van der Waals surface area contributed by atoms with E-state index in [0.717, 1.165) is 16.9 Å². The van der Waals surface area contributed by atoms with Crippen LogP contribution in [0.4, 0.5) is 5.69 Å². The number of nitrogens with two attached hydrogens (primary N) is 2. The summed E-state index contributed by atoms with van der Waals surface area (Å²) >= 11 is 0. The standard InChI is InChI=1S/C12H17N5O/c13-5-7-18-8-6-17-9-12(15-16-17)10-1-3-11(14)4-2-10/h1-4,9H,5-8,13-14H2. The van der Waals surface area contributed by atoms with Crippen LogP contribution in [0.1, 0.15) is 0 Å². The zero-order valence-corrected chi connectivity index (χ0v) is 10.1. The van der Waals surface area contributed by atoms with Gasteiger partial charge in [0.15, 0.2) is 0 Å². The largest absolute Gasteiger partial charge is 0.399 e. The van der Waals surface area contributed by atoms with E-state index in [1.54, 1.807) is 4.68 Å². The molecule has 0 atom stereocenters. The maximum absolute atomic E-state index is 5.64. The van der Waals surface area contributed by atoms with Crippen molar-refractivity contribution in [2.24, 2.45) is 5.73 Å². The minimum absolute atomic E-state index is 0.536. The third-order valence-electron chi connectivity index (χ3n) is 2.47. The summed E-state index contributed by atoms with van der Waals surface area (Å²) in [5.41, 5.74) is 13.5. The lowest BCUT2D eigenvalue weighted by atomic mass is 10.1. The van der Waals surface area contributed by atoms with Crippen LogP contribution in [0.25, 0.3) is 11.3 Å².